The van der Waals surface area contributed by atoms with Crippen molar-refractivity contribution in [3.8, 4) is 5.69 Å². The lowest BCUT2D eigenvalue weighted by Crippen LogP contribution is -2.24. The Kier molecular flexibility index (Phi) is 3.52. The van der Waals surface area contributed by atoms with Crippen LogP contribution in [0.3, 0.4) is 0 Å². The zero-order valence-corrected chi connectivity index (χ0v) is 12.6. The SMILES string of the molecule is CC(C)c1nc2cccc(Cl)c2c(=O)n1-c1ccccc1. The van der Waals surface area contributed by atoms with Crippen molar-refractivity contribution in [2.75, 3.05) is 0 Å². The van der Waals surface area contributed by atoms with E-state index >= 15 is 0 Å². The van der Waals surface area contributed by atoms with Gasteiger partial charge in [0.2, 0.25) is 0 Å². The second-order valence-corrected chi connectivity index (χ2v) is 5.64. The van der Waals surface area contributed by atoms with E-state index < -0.39 is 0 Å². The molecule has 0 aliphatic rings. The van der Waals surface area contributed by atoms with Crippen LogP contribution in [0.25, 0.3) is 16.6 Å². The highest BCUT2D eigenvalue weighted by molar-refractivity contribution is 6.35. The predicted molar refractivity (Wildman–Crippen MR) is 86.4 cm³/mol. The van der Waals surface area contributed by atoms with Crippen LogP contribution in [0, 0.1) is 0 Å². The standard InChI is InChI=1S/C17H15ClN2O/c1-11(2)16-19-14-10-6-9-13(18)15(14)17(21)20(16)12-7-4-3-5-8-12/h3-11H,1-2H3. The summed E-state index contributed by atoms with van der Waals surface area (Å²) in [6, 6.07) is 14.9. The Hall–Kier alpha value is -2.13. The fraction of sp³-hybridized carbons (Fsp3) is 0.176. The van der Waals surface area contributed by atoms with Crippen molar-refractivity contribution in [2.24, 2.45) is 0 Å². The van der Waals surface area contributed by atoms with E-state index in [0.717, 1.165) is 11.5 Å². The number of rotatable bonds is 2. The van der Waals surface area contributed by atoms with Crippen LogP contribution in [0.5, 0.6) is 0 Å². The van der Waals surface area contributed by atoms with Gasteiger partial charge in [-0.05, 0) is 24.3 Å². The summed E-state index contributed by atoms with van der Waals surface area (Å²) in [5, 5.41) is 0.900. The second-order valence-electron chi connectivity index (χ2n) is 5.23. The number of aromatic nitrogens is 2. The summed E-state index contributed by atoms with van der Waals surface area (Å²) in [5.74, 6) is 0.863. The van der Waals surface area contributed by atoms with E-state index in [1.807, 2.05) is 56.3 Å². The molecule has 2 aromatic carbocycles. The molecular weight excluding hydrogens is 284 g/mol. The molecule has 0 fully saturated rings. The molecule has 21 heavy (non-hydrogen) atoms. The summed E-state index contributed by atoms with van der Waals surface area (Å²) < 4.78 is 1.65. The lowest BCUT2D eigenvalue weighted by atomic mass is 10.1. The number of halogens is 1. The zero-order chi connectivity index (χ0) is 15.0. The van der Waals surface area contributed by atoms with Gasteiger partial charge in [-0.3, -0.25) is 9.36 Å². The molecule has 106 valence electrons. The highest BCUT2D eigenvalue weighted by Gasteiger charge is 2.16. The summed E-state index contributed by atoms with van der Waals surface area (Å²) >= 11 is 6.20. The fourth-order valence-electron chi connectivity index (χ4n) is 2.42. The molecule has 0 unspecified atom stereocenters. The van der Waals surface area contributed by atoms with E-state index in [4.69, 9.17) is 11.6 Å². The van der Waals surface area contributed by atoms with Crippen LogP contribution < -0.4 is 5.56 Å². The molecule has 3 nitrogen and oxygen atoms in total. The number of hydrogen-bond acceptors (Lipinski definition) is 2. The minimum atomic E-state index is -0.125. The molecule has 0 saturated carbocycles. The van der Waals surface area contributed by atoms with Crippen LogP contribution in [0.15, 0.2) is 53.3 Å². The summed E-state index contributed by atoms with van der Waals surface area (Å²) in [5.41, 5.74) is 1.32. The molecule has 0 amide bonds. The largest absolute Gasteiger partial charge is 0.268 e. The molecule has 4 heteroatoms. The van der Waals surface area contributed by atoms with E-state index in [2.05, 4.69) is 4.98 Å². The van der Waals surface area contributed by atoms with Crippen LogP contribution in [-0.2, 0) is 0 Å². The quantitative estimate of drug-likeness (QED) is 0.712. The van der Waals surface area contributed by atoms with Crippen molar-refractivity contribution < 1.29 is 0 Å². The lowest BCUT2D eigenvalue weighted by molar-refractivity contribution is 0.723. The zero-order valence-electron chi connectivity index (χ0n) is 11.9. The first-order valence-electron chi connectivity index (χ1n) is 6.86. The van der Waals surface area contributed by atoms with Crippen molar-refractivity contribution >= 4 is 22.5 Å². The molecule has 0 radical (unpaired) electrons. The van der Waals surface area contributed by atoms with Gasteiger partial charge in [0, 0.05) is 5.92 Å². The smallest absolute Gasteiger partial charge is 0.267 e. The summed E-state index contributed by atoms with van der Waals surface area (Å²) in [7, 11) is 0. The van der Waals surface area contributed by atoms with E-state index in [-0.39, 0.29) is 11.5 Å². The molecule has 0 N–H and O–H groups in total. The van der Waals surface area contributed by atoms with Crippen molar-refractivity contribution in [2.45, 2.75) is 19.8 Å². The average molecular weight is 299 g/mol. The molecule has 1 heterocycles. The van der Waals surface area contributed by atoms with Crippen LogP contribution in [-0.4, -0.2) is 9.55 Å². The number of hydrogen-bond donors (Lipinski definition) is 0. The third kappa shape index (κ3) is 2.34. The molecule has 1 aromatic heterocycles. The Morgan fingerprint density at radius 3 is 2.43 bits per heavy atom. The first-order valence-corrected chi connectivity index (χ1v) is 7.24. The minimum Gasteiger partial charge on any atom is -0.268 e. The van der Waals surface area contributed by atoms with Crippen LogP contribution in [0.4, 0.5) is 0 Å². The lowest BCUT2D eigenvalue weighted by Gasteiger charge is -2.16. The highest BCUT2D eigenvalue weighted by Crippen LogP contribution is 2.23. The molecule has 0 saturated heterocycles. The van der Waals surface area contributed by atoms with Gasteiger partial charge in [-0.15, -0.1) is 0 Å². The Bertz CT molecular complexity index is 854. The maximum Gasteiger partial charge on any atom is 0.267 e. The number of benzene rings is 2. The summed E-state index contributed by atoms with van der Waals surface area (Å²) in [6.07, 6.45) is 0. The Morgan fingerprint density at radius 2 is 1.76 bits per heavy atom. The van der Waals surface area contributed by atoms with E-state index in [9.17, 15) is 4.79 Å². The van der Waals surface area contributed by atoms with Crippen molar-refractivity contribution in [1.29, 1.82) is 0 Å². The van der Waals surface area contributed by atoms with Crippen molar-refractivity contribution in [1.82, 2.24) is 9.55 Å². The van der Waals surface area contributed by atoms with Gasteiger partial charge in [0.25, 0.3) is 5.56 Å². The monoisotopic (exact) mass is 298 g/mol. The average Bonchev–Trinajstić information content (AvgIpc) is 2.47. The van der Waals surface area contributed by atoms with Crippen molar-refractivity contribution in [3.05, 3.63) is 69.7 Å². The van der Waals surface area contributed by atoms with E-state index in [1.54, 1.807) is 10.6 Å². The molecule has 0 aliphatic heterocycles. The normalized spacial score (nSPS) is 11.2. The Morgan fingerprint density at radius 1 is 1.05 bits per heavy atom. The summed E-state index contributed by atoms with van der Waals surface area (Å²) in [4.78, 5) is 17.6. The Labute approximate surface area is 127 Å². The van der Waals surface area contributed by atoms with Gasteiger partial charge in [0.05, 0.1) is 21.6 Å². The van der Waals surface area contributed by atoms with Crippen LogP contribution in [0.2, 0.25) is 5.02 Å². The highest BCUT2D eigenvalue weighted by atomic mass is 35.5. The molecule has 3 aromatic rings. The van der Waals surface area contributed by atoms with Gasteiger partial charge in [-0.1, -0.05) is 49.7 Å². The summed E-state index contributed by atoms with van der Waals surface area (Å²) in [6.45, 7) is 4.05. The van der Waals surface area contributed by atoms with Crippen LogP contribution >= 0.6 is 11.6 Å². The van der Waals surface area contributed by atoms with Gasteiger partial charge < -0.3 is 0 Å². The van der Waals surface area contributed by atoms with Gasteiger partial charge in [0.15, 0.2) is 0 Å². The molecule has 0 aliphatic carbocycles. The van der Waals surface area contributed by atoms with Gasteiger partial charge >= 0.3 is 0 Å². The van der Waals surface area contributed by atoms with E-state index in [1.165, 1.54) is 0 Å². The number of fused-ring (bicyclic) bond motifs is 1. The van der Waals surface area contributed by atoms with Crippen LogP contribution in [0.1, 0.15) is 25.6 Å². The third-order valence-electron chi connectivity index (χ3n) is 3.40. The van der Waals surface area contributed by atoms with Gasteiger partial charge in [0.1, 0.15) is 5.82 Å². The Balaban J connectivity index is 2.47. The minimum absolute atomic E-state index is 0.125. The third-order valence-corrected chi connectivity index (χ3v) is 3.72. The number of para-hydroxylation sites is 1. The van der Waals surface area contributed by atoms with Gasteiger partial charge in [-0.2, -0.15) is 0 Å². The molecule has 3 rings (SSSR count). The number of nitrogens with zero attached hydrogens (tertiary/aromatic N) is 2. The molecular formula is C17H15ClN2O. The molecule has 0 spiro atoms. The topological polar surface area (TPSA) is 34.9 Å². The van der Waals surface area contributed by atoms with Gasteiger partial charge in [-0.25, -0.2) is 4.98 Å². The fourth-order valence-corrected chi connectivity index (χ4v) is 2.67. The second kappa shape index (κ2) is 5.34. The molecule has 0 bridgehead atoms. The maximum absolute atomic E-state index is 12.9. The first kappa shape index (κ1) is 13.8. The maximum atomic E-state index is 12.9. The predicted octanol–water partition coefficient (Wildman–Crippen LogP) is 4.16. The first-order chi connectivity index (χ1) is 10.1. The van der Waals surface area contributed by atoms with E-state index in [0.29, 0.717) is 15.9 Å². The van der Waals surface area contributed by atoms with Crippen molar-refractivity contribution in [3.63, 3.8) is 0 Å². The molecule has 0 atom stereocenters.